The molecule has 10 heavy (non-hydrogen) atoms. The van der Waals surface area contributed by atoms with Crippen LogP contribution in [-0.2, 0) is 4.79 Å². The highest BCUT2D eigenvalue weighted by atomic mass is 16.4. The summed E-state index contributed by atoms with van der Waals surface area (Å²) >= 11 is 0. The summed E-state index contributed by atoms with van der Waals surface area (Å²) in [7, 11) is 2.96. The molecule has 0 heterocycles. The Labute approximate surface area is 59.3 Å². The van der Waals surface area contributed by atoms with Gasteiger partial charge in [-0.15, -0.1) is 0 Å². The van der Waals surface area contributed by atoms with E-state index in [0.29, 0.717) is 5.71 Å². The van der Waals surface area contributed by atoms with Gasteiger partial charge in [0.15, 0.2) is 5.71 Å². The second-order valence-corrected chi connectivity index (χ2v) is 1.69. The predicted molar refractivity (Wildman–Crippen MR) is 40.0 cm³/mol. The summed E-state index contributed by atoms with van der Waals surface area (Å²) in [5.41, 5.74) is 0.456. The first-order valence-electron chi connectivity index (χ1n) is 2.77. The molecule has 0 aromatic heterocycles. The van der Waals surface area contributed by atoms with Gasteiger partial charge in [0.2, 0.25) is 0 Å². The Morgan fingerprint density at radius 2 is 1.80 bits per heavy atom. The average Bonchev–Trinajstić information content (AvgIpc) is 1.88. The lowest BCUT2D eigenvalue weighted by Gasteiger charge is -1.95. The van der Waals surface area contributed by atoms with Crippen LogP contribution in [0.4, 0.5) is 0 Å². The smallest absolute Gasteiger partial charge is 0.355 e. The molecule has 0 aliphatic rings. The molecule has 0 atom stereocenters. The van der Waals surface area contributed by atoms with E-state index < -0.39 is 5.97 Å². The molecule has 0 bridgehead atoms. The van der Waals surface area contributed by atoms with Gasteiger partial charge in [0.25, 0.3) is 0 Å². The summed E-state index contributed by atoms with van der Waals surface area (Å²) in [4.78, 5) is 17.5. The molecule has 1 N–H and O–H groups in total. The van der Waals surface area contributed by atoms with Crippen LogP contribution in [-0.4, -0.2) is 36.6 Å². The fourth-order valence-corrected chi connectivity index (χ4v) is 0.518. The van der Waals surface area contributed by atoms with E-state index in [9.17, 15) is 4.79 Å². The second kappa shape index (κ2) is 3.76. The number of carboxylic acid groups (broad SMARTS) is 1. The third-order valence-corrected chi connectivity index (χ3v) is 1.10. The Bertz CT molecular complexity index is 194. The number of aliphatic carboxylic acids is 1. The third-order valence-electron chi connectivity index (χ3n) is 1.10. The minimum absolute atomic E-state index is 0.0162. The minimum Gasteiger partial charge on any atom is -0.476 e. The monoisotopic (exact) mass is 142 g/mol. The molecule has 0 radical (unpaired) electrons. The van der Waals surface area contributed by atoms with Gasteiger partial charge in [-0.25, -0.2) is 4.79 Å². The highest BCUT2D eigenvalue weighted by molar-refractivity contribution is 6.64. The van der Waals surface area contributed by atoms with Crippen molar-refractivity contribution in [1.29, 1.82) is 0 Å². The van der Waals surface area contributed by atoms with E-state index in [1.165, 1.54) is 14.1 Å². The van der Waals surface area contributed by atoms with Crippen LogP contribution in [0, 0.1) is 0 Å². The SMILES string of the molecule is CN=C(C)C(=NC)C(=O)O. The minimum atomic E-state index is -1.04. The number of rotatable bonds is 2. The molecule has 0 aliphatic carbocycles. The fourth-order valence-electron chi connectivity index (χ4n) is 0.518. The highest BCUT2D eigenvalue weighted by Gasteiger charge is 2.09. The quantitative estimate of drug-likeness (QED) is 0.561. The first kappa shape index (κ1) is 8.81. The fraction of sp³-hybridized carbons (Fsp3) is 0.500. The van der Waals surface area contributed by atoms with Gasteiger partial charge >= 0.3 is 5.97 Å². The lowest BCUT2D eigenvalue weighted by Crippen LogP contribution is -2.21. The molecule has 0 rings (SSSR count). The van der Waals surface area contributed by atoms with E-state index >= 15 is 0 Å². The average molecular weight is 142 g/mol. The number of hydrogen-bond donors (Lipinski definition) is 1. The molecule has 56 valence electrons. The van der Waals surface area contributed by atoms with Crippen LogP contribution < -0.4 is 0 Å². The zero-order chi connectivity index (χ0) is 8.15. The number of hydrogen-bond acceptors (Lipinski definition) is 3. The standard InChI is InChI=1S/C6H10N2O2/c1-4(7-2)5(8-3)6(9)10/h1-3H3,(H,9,10). The van der Waals surface area contributed by atoms with E-state index in [1.54, 1.807) is 6.92 Å². The molecule has 0 aromatic rings. The Morgan fingerprint density at radius 3 is 1.90 bits per heavy atom. The molecule has 4 nitrogen and oxygen atoms in total. The number of carboxylic acids is 1. The van der Waals surface area contributed by atoms with Crippen molar-refractivity contribution >= 4 is 17.4 Å². The van der Waals surface area contributed by atoms with Crippen molar-refractivity contribution in [3.8, 4) is 0 Å². The lowest BCUT2D eigenvalue weighted by atomic mass is 10.2. The molecule has 0 aromatic carbocycles. The van der Waals surface area contributed by atoms with E-state index in [0.717, 1.165) is 0 Å². The molecular formula is C6H10N2O2. The number of aliphatic imine (C=N–C) groups is 2. The van der Waals surface area contributed by atoms with Crippen LogP contribution in [0.1, 0.15) is 6.92 Å². The maximum absolute atomic E-state index is 10.3. The van der Waals surface area contributed by atoms with Gasteiger partial charge < -0.3 is 5.11 Å². The van der Waals surface area contributed by atoms with Crippen molar-refractivity contribution in [3.63, 3.8) is 0 Å². The van der Waals surface area contributed by atoms with Gasteiger partial charge in [-0.05, 0) is 6.92 Å². The Morgan fingerprint density at radius 1 is 1.30 bits per heavy atom. The summed E-state index contributed by atoms with van der Waals surface area (Å²) in [6, 6.07) is 0. The van der Waals surface area contributed by atoms with E-state index in [-0.39, 0.29) is 5.71 Å². The maximum Gasteiger partial charge on any atom is 0.355 e. The molecule has 0 unspecified atom stereocenters. The van der Waals surface area contributed by atoms with Crippen molar-refractivity contribution in [1.82, 2.24) is 0 Å². The largest absolute Gasteiger partial charge is 0.476 e. The maximum atomic E-state index is 10.3. The van der Waals surface area contributed by atoms with E-state index in [2.05, 4.69) is 9.98 Å². The van der Waals surface area contributed by atoms with Crippen molar-refractivity contribution in [2.45, 2.75) is 6.92 Å². The Balaban J connectivity index is 4.56. The Kier molecular flexibility index (Phi) is 3.32. The third kappa shape index (κ3) is 1.97. The van der Waals surface area contributed by atoms with Crippen LogP contribution in [0.15, 0.2) is 9.98 Å². The van der Waals surface area contributed by atoms with E-state index in [4.69, 9.17) is 5.11 Å². The summed E-state index contributed by atoms with van der Waals surface area (Å²) in [6.07, 6.45) is 0. The number of carbonyl (C=O) groups is 1. The summed E-state index contributed by atoms with van der Waals surface area (Å²) in [5.74, 6) is -1.04. The van der Waals surface area contributed by atoms with Crippen LogP contribution in [0.3, 0.4) is 0 Å². The van der Waals surface area contributed by atoms with Gasteiger partial charge in [0.1, 0.15) is 0 Å². The lowest BCUT2D eigenvalue weighted by molar-refractivity contribution is -0.129. The molecule has 0 aliphatic heterocycles. The van der Waals surface area contributed by atoms with Crippen molar-refractivity contribution < 1.29 is 9.90 Å². The van der Waals surface area contributed by atoms with Crippen molar-refractivity contribution in [3.05, 3.63) is 0 Å². The molecule has 4 heteroatoms. The van der Waals surface area contributed by atoms with Gasteiger partial charge in [-0.2, -0.15) is 0 Å². The zero-order valence-corrected chi connectivity index (χ0v) is 6.25. The van der Waals surface area contributed by atoms with Crippen molar-refractivity contribution in [2.24, 2.45) is 9.98 Å². The predicted octanol–water partition coefficient (Wildman–Crippen LogP) is 0.233. The normalized spacial score (nSPS) is 13.5. The van der Waals surface area contributed by atoms with Crippen LogP contribution in [0.5, 0.6) is 0 Å². The summed E-state index contributed by atoms with van der Waals surface area (Å²) in [5, 5.41) is 8.46. The second-order valence-electron chi connectivity index (χ2n) is 1.69. The van der Waals surface area contributed by atoms with Gasteiger partial charge in [-0.3, -0.25) is 9.98 Å². The van der Waals surface area contributed by atoms with E-state index in [1.807, 2.05) is 0 Å². The number of nitrogens with zero attached hydrogens (tertiary/aromatic N) is 2. The molecule has 0 saturated heterocycles. The molecule has 0 saturated carbocycles. The first-order valence-corrected chi connectivity index (χ1v) is 2.77. The van der Waals surface area contributed by atoms with Crippen LogP contribution in [0.2, 0.25) is 0 Å². The Hall–Kier alpha value is -1.19. The molecule has 0 fully saturated rings. The van der Waals surface area contributed by atoms with Gasteiger partial charge in [0, 0.05) is 14.1 Å². The molecular weight excluding hydrogens is 132 g/mol. The highest BCUT2D eigenvalue weighted by Crippen LogP contribution is 1.83. The van der Waals surface area contributed by atoms with Gasteiger partial charge in [0.05, 0.1) is 5.71 Å². The van der Waals surface area contributed by atoms with Crippen LogP contribution >= 0.6 is 0 Å². The molecule has 0 spiro atoms. The zero-order valence-electron chi connectivity index (χ0n) is 6.25. The van der Waals surface area contributed by atoms with Crippen LogP contribution in [0.25, 0.3) is 0 Å². The summed E-state index contributed by atoms with van der Waals surface area (Å²) in [6.45, 7) is 1.61. The van der Waals surface area contributed by atoms with Gasteiger partial charge in [-0.1, -0.05) is 0 Å². The molecule has 0 amide bonds. The summed E-state index contributed by atoms with van der Waals surface area (Å²) < 4.78 is 0. The first-order chi connectivity index (χ1) is 4.63. The topological polar surface area (TPSA) is 62.0 Å². The van der Waals surface area contributed by atoms with Crippen molar-refractivity contribution in [2.75, 3.05) is 14.1 Å².